The van der Waals surface area contributed by atoms with Crippen molar-refractivity contribution in [3.8, 4) is 0 Å². The lowest BCUT2D eigenvalue weighted by atomic mass is 10.2. The van der Waals surface area contributed by atoms with E-state index in [0.29, 0.717) is 6.54 Å². The Labute approximate surface area is 113 Å². The van der Waals surface area contributed by atoms with Crippen LogP contribution >= 0.6 is 11.8 Å². The van der Waals surface area contributed by atoms with Crippen LogP contribution in [0.4, 0.5) is 0 Å². The van der Waals surface area contributed by atoms with Gasteiger partial charge in [-0.2, -0.15) is 11.8 Å². The summed E-state index contributed by atoms with van der Waals surface area (Å²) in [5, 5.41) is 0. The molecule has 2 rings (SSSR count). The van der Waals surface area contributed by atoms with Gasteiger partial charge >= 0.3 is 0 Å². The third kappa shape index (κ3) is 3.59. The summed E-state index contributed by atoms with van der Waals surface area (Å²) in [5.74, 6) is 1.99. The SMILES string of the molecule is Cc1cccc(CSCc2cccnc2CN)c1. The second-order valence-electron chi connectivity index (χ2n) is 4.30. The summed E-state index contributed by atoms with van der Waals surface area (Å²) in [6.07, 6.45) is 1.80. The summed E-state index contributed by atoms with van der Waals surface area (Å²) >= 11 is 1.90. The number of hydrogen-bond acceptors (Lipinski definition) is 3. The van der Waals surface area contributed by atoms with Gasteiger partial charge in [0.15, 0.2) is 0 Å². The van der Waals surface area contributed by atoms with Crippen molar-refractivity contribution >= 4 is 11.8 Å². The number of aromatic nitrogens is 1. The van der Waals surface area contributed by atoms with Crippen molar-refractivity contribution in [2.45, 2.75) is 25.0 Å². The van der Waals surface area contributed by atoms with Crippen molar-refractivity contribution in [2.75, 3.05) is 0 Å². The summed E-state index contributed by atoms with van der Waals surface area (Å²) in [4.78, 5) is 4.30. The molecule has 2 nitrogen and oxygen atoms in total. The average Bonchev–Trinajstić information content (AvgIpc) is 2.39. The van der Waals surface area contributed by atoms with Gasteiger partial charge in [-0.3, -0.25) is 4.98 Å². The van der Waals surface area contributed by atoms with Crippen LogP contribution in [0.2, 0.25) is 0 Å². The molecule has 94 valence electrons. The summed E-state index contributed by atoms with van der Waals surface area (Å²) < 4.78 is 0. The summed E-state index contributed by atoms with van der Waals surface area (Å²) in [7, 11) is 0. The number of pyridine rings is 1. The zero-order chi connectivity index (χ0) is 12.8. The fourth-order valence-electron chi connectivity index (χ4n) is 1.87. The standard InChI is InChI=1S/C15H18N2S/c1-12-4-2-5-13(8-12)10-18-11-14-6-3-7-17-15(14)9-16/h2-8H,9-11,16H2,1H3. The van der Waals surface area contributed by atoms with Gasteiger partial charge in [0.25, 0.3) is 0 Å². The Hall–Kier alpha value is -1.32. The van der Waals surface area contributed by atoms with Crippen LogP contribution in [0.3, 0.4) is 0 Å². The number of rotatable bonds is 5. The summed E-state index contributed by atoms with van der Waals surface area (Å²) in [5.41, 5.74) is 10.6. The van der Waals surface area contributed by atoms with E-state index < -0.39 is 0 Å². The van der Waals surface area contributed by atoms with Gasteiger partial charge in [0.05, 0.1) is 5.69 Å². The Morgan fingerprint density at radius 3 is 2.83 bits per heavy atom. The van der Waals surface area contributed by atoms with E-state index in [0.717, 1.165) is 17.2 Å². The molecular weight excluding hydrogens is 240 g/mol. The maximum Gasteiger partial charge on any atom is 0.0579 e. The van der Waals surface area contributed by atoms with Crippen molar-refractivity contribution in [3.63, 3.8) is 0 Å². The van der Waals surface area contributed by atoms with Crippen molar-refractivity contribution in [1.29, 1.82) is 0 Å². The van der Waals surface area contributed by atoms with E-state index in [2.05, 4.69) is 42.2 Å². The van der Waals surface area contributed by atoms with Gasteiger partial charge < -0.3 is 5.73 Å². The highest BCUT2D eigenvalue weighted by molar-refractivity contribution is 7.97. The highest BCUT2D eigenvalue weighted by atomic mass is 32.2. The van der Waals surface area contributed by atoms with E-state index in [1.807, 2.05) is 17.8 Å². The molecule has 0 aliphatic heterocycles. The molecule has 0 saturated carbocycles. The van der Waals surface area contributed by atoms with Crippen LogP contribution in [-0.2, 0) is 18.1 Å². The molecule has 0 aliphatic carbocycles. The van der Waals surface area contributed by atoms with Crippen molar-refractivity contribution < 1.29 is 0 Å². The minimum Gasteiger partial charge on any atom is -0.325 e. The second kappa shape index (κ2) is 6.57. The van der Waals surface area contributed by atoms with Crippen LogP contribution in [0.1, 0.15) is 22.4 Å². The Morgan fingerprint density at radius 2 is 2.06 bits per heavy atom. The Morgan fingerprint density at radius 1 is 1.17 bits per heavy atom. The third-order valence-corrected chi connectivity index (χ3v) is 3.84. The number of thioether (sulfide) groups is 1. The van der Waals surface area contributed by atoms with E-state index >= 15 is 0 Å². The molecule has 0 fully saturated rings. The summed E-state index contributed by atoms with van der Waals surface area (Å²) in [6, 6.07) is 12.7. The van der Waals surface area contributed by atoms with Crippen LogP contribution in [-0.4, -0.2) is 4.98 Å². The van der Waals surface area contributed by atoms with E-state index in [1.54, 1.807) is 6.20 Å². The number of hydrogen-bond donors (Lipinski definition) is 1. The zero-order valence-corrected chi connectivity index (χ0v) is 11.4. The Bertz CT molecular complexity index is 511. The first-order valence-corrected chi connectivity index (χ1v) is 7.21. The van der Waals surface area contributed by atoms with Gasteiger partial charge in [0.1, 0.15) is 0 Å². The molecule has 0 atom stereocenters. The molecule has 2 N–H and O–H groups in total. The van der Waals surface area contributed by atoms with Gasteiger partial charge in [-0.05, 0) is 24.1 Å². The molecule has 2 aromatic rings. The lowest BCUT2D eigenvalue weighted by Gasteiger charge is -2.06. The van der Waals surface area contributed by atoms with E-state index in [1.165, 1.54) is 16.7 Å². The van der Waals surface area contributed by atoms with Crippen molar-refractivity contribution in [2.24, 2.45) is 5.73 Å². The number of nitrogens with zero attached hydrogens (tertiary/aromatic N) is 1. The van der Waals surface area contributed by atoms with E-state index in [4.69, 9.17) is 5.73 Å². The molecule has 0 radical (unpaired) electrons. The predicted octanol–water partition coefficient (Wildman–Crippen LogP) is 3.28. The number of aryl methyl sites for hydroxylation is 1. The molecular formula is C15H18N2S. The molecule has 0 bridgehead atoms. The highest BCUT2D eigenvalue weighted by Crippen LogP contribution is 2.19. The molecule has 0 aliphatic rings. The van der Waals surface area contributed by atoms with Crippen LogP contribution in [0.15, 0.2) is 42.6 Å². The zero-order valence-electron chi connectivity index (χ0n) is 10.6. The molecule has 3 heteroatoms. The van der Waals surface area contributed by atoms with Gasteiger partial charge in [0.2, 0.25) is 0 Å². The Kier molecular flexibility index (Phi) is 4.79. The quantitative estimate of drug-likeness (QED) is 0.894. The molecule has 0 spiro atoms. The minimum absolute atomic E-state index is 0.515. The summed E-state index contributed by atoms with van der Waals surface area (Å²) in [6.45, 7) is 2.64. The largest absolute Gasteiger partial charge is 0.325 e. The molecule has 0 amide bonds. The fraction of sp³-hybridized carbons (Fsp3) is 0.267. The maximum absolute atomic E-state index is 5.68. The van der Waals surface area contributed by atoms with Crippen LogP contribution in [0.25, 0.3) is 0 Å². The van der Waals surface area contributed by atoms with Gasteiger partial charge in [-0.15, -0.1) is 0 Å². The van der Waals surface area contributed by atoms with E-state index in [-0.39, 0.29) is 0 Å². The van der Waals surface area contributed by atoms with Crippen molar-refractivity contribution in [3.05, 3.63) is 65.0 Å². The Balaban J connectivity index is 1.92. The molecule has 0 saturated heterocycles. The minimum atomic E-state index is 0.515. The predicted molar refractivity (Wildman–Crippen MR) is 78.3 cm³/mol. The van der Waals surface area contributed by atoms with Crippen LogP contribution in [0, 0.1) is 6.92 Å². The number of benzene rings is 1. The third-order valence-electron chi connectivity index (χ3n) is 2.79. The maximum atomic E-state index is 5.68. The fourth-order valence-corrected chi connectivity index (χ4v) is 2.87. The highest BCUT2D eigenvalue weighted by Gasteiger charge is 2.02. The van der Waals surface area contributed by atoms with Gasteiger partial charge in [0, 0.05) is 24.2 Å². The first-order valence-electron chi connectivity index (χ1n) is 6.05. The average molecular weight is 258 g/mol. The molecule has 1 aromatic carbocycles. The molecule has 0 unspecified atom stereocenters. The molecule has 18 heavy (non-hydrogen) atoms. The number of nitrogens with two attached hydrogens (primary N) is 1. The first kappa shape index (κ1) is 13.1. The molecule has 1 aromatic heterocycles. The normalized spacial score (nSPS) is 10.6. The van der Waals surface area contributed by atoms with Gasteiger partial charge in [-0.1, -0.05) is 35.9 Å². The van der Waals surface area contributed by atoms with Crippen LogP contribution < -0.4 is 5.73 Å². The van der Waals surface area contributed by atoms with Gasteiger partial charge in [-0.25, -0.2) is 0 Å². The van der Waals surface area contributed by atoms with Crippen molar-refractivity contribution in [1.82, 2.24) is 4.98 Å². The van der Waals surface area contributed by atoms with Crippen LogP contribution in [0.5, 0.6) is 0 Å². The van der Waals surface area contributed by atoms with E-state index in [9.17, 15) is 0 Å². The molecule has 1 heterocycles. The smallest absolute Gasteiger partial charge is 0.0579 e. The lowest BCUT2D eigenvalue weighted by Crippen LogP contribution is -2.03. The first-order chi connectivity index (χ1) is 8.79. The topological polar surface area (TPSA) is 38.9 Å². The monoisotopic (exact) mass is 258 g/mol. The lowest BCUT2D eigenvalue weighted by molar-refractivity contribution is 0.964. The second-order valence-corrected chi connectivity index (χ2v) is 5.28.